The number of β-amino-alcohol motifs (C(OH)–C–C–N with tert-alkyl or cyclic N) is 1. The highest BCUT2D eigenvalue weighted by Crippen LogP contribution is 2.41. The Morgan fingerprint density at radius 3 is 2.82 bits per heavy atom. The van der Waals surface area contributed by atoms with E-state index in [1.165, 1.54) is 0 Å². The number of methoxy groups -OCH3 is 1. The second-order valence-corrected chi connectivity index (χ2v) is 11.0. The summed E-state index contributed by atoms with van der Waals surface area (Å²) in [6, 6.07) is 0.574. The lowest BCUT2D eigenvalue weighted by Crippen LogP contribution is -2.47. The summed E-state index contributed by atoms with van der Waals surface area (Å²) in [7, 11) is 1.75. The van der Waals surface area contributed by atoms with Crippen molar-refractivity contribution in [3.05, 3.63) is 6.33 Å². The van der Waals surface area contributed by atoms with E-state index in [1.54, 1.807) is 7.11 Å². The maximum atomic E-state index is 14.2. The van der Waals surface area contributed by atoms with Gasteiger partial charge in [-0.15, -0.1) is 0 Å². The highest BCUT2D eigenvalue weighted by atomic mass is 19.1. The number of hydrogen-bond donors (Lipinski definition) is 1. The fourth-order valence-corrected chi connectivity index (χ4v) is 6.48. The van der Waals surface area contributed by atoms with Crippen LogP contribution in [-0.2, 0) is 4.74 Å². The first kappa shape index (κ1) is 22.4. The summed E-state index contributed by atoms with van der Waals surface area (Å²) in [5, 5.41) is 10.8. The predicted octanol–water partition coefficient (Wildman–Crippen LogP) is 2.48. The molecule has 9 nitrogen and oxygen atoms in total. The smallest absolute Gasteiger partial charge is 0.320 e. The number of aromatic nitrogens is 4. The largest absolute Gasteiger partial charge is 0.461 e. The number of imidazole rings is 1. The molecule has 1 N–H and O–H groups in total. The lowest BCUT2D eigenvalue weighted by molar-refractivity contribution is 0.00732. The van der Waals surface area contributed by atoms with Gasteiger partial charge in [0, 0.05) is 39.2 Å². The molecule has 34 heavy (non-hydrogen) atoms. The van der Waals surface area contributed by atoms with Crippen molar-refractivity contribution in [2.75, 3.05) is 44.8 Å². The minimum absolute atomic E-state index is 0.257. The Bertz CT molecular complexity index is 1060. The number of aliphatic hydroxyl groups is 1. The first-order valence-corrected chi connectivity index (χ1v) is 12.6. The molecule has 186 valence electrons. The van der Waals surface area contributed by atoms with Crippen molar-refractivity contribution in [2.24, 2.45) is 0 Å². The number of piperidine rings is 1. The maximum absolute atomic E-state index is 14.2. The van der Waals surface area contributed by atoms with Gasteiger partial charge in [-0.1, -0.05) is 0 Å². The van der Waals surface area contributed by atoms with Gasteiger partial charge in [-0.05, 0) is 52.0 Å². The summed E-state index contributed by atoms with van der Waals surface area (Å²) in [4.78, 5) is 18.5. The van der Waals surface area contributed by atoms with E-state index < -0.39 is 11.8 Å². The molecule has 2 aromatic heterocycles. The van der Waals surface area contributed by atoms with Gasteiger partial charge < -0.3 is 24.0 Å². The zero-order valence-electron chi connectivity index (χ0n) is 20.1. The molecule has 1 aliphatic carbocycles. The van der Waals surface area contributed by atoms with Gasteiger partial charge in [-0.3, -0.25) is 4.90 Å². The number of hydrogen-bond acceptors (Lipinski definition) is 8. The zero-order valence-corrected chi connectivity index (χ0v) is 20.1. The number of alkyl halides is 1. The number of anilines is 1. The quantitative estimate of drug-likeness (QED) is 0.683. The van der Waals surface area contributed by atoms with Gasteiger partial charge in [0.15, 0.2) is 11.5 Å². The average molecular weight is 475 g/mol. The molecular formula is C24H35FN6O3. The molecule has 0 spiro atoms. The van der Waals surface area contributed by atoms with Crippen molar-refractivity contribution in [1.29, 1.82) is 0 Å². The van der Waals surface area contributed by atoms with Crippen LogP contribution in [0.2, 0.25) is 0 Å². The predicted molar refractivity (Wildman–Crippen MR) is 125 cm³/mol. The van der Waals surface area contributed by atoms with Crippen molar-refractivity contribution >= 4 is 17.0 Å². The number of rotatable bonds is 6. The van der Waals surface area contributed by atoms with Crippen LogP contribution in [0.3, 0.4) is 0 Å². The average Bonchev–Trinajstić information content (AvgIpc) is 3.43. The minimum Gasteiger partial charge on any atom is -0.461 e. The van der Waals surface area contributed by atoms with Crippen LogP contribution in [0.4, 0.5) is 10.2 Å². The molecule has 0 aromatic carbocycles. The highest BCUT2D eigenvalue weighted by molar-refractivity contribution is 5.84. The normalized spacial score (nSPS) is 36.1. The van der Waals surface area contributed by atoms with Crippen molar-refractivity contribution < 1.29 is 19.0 Å². The lowest BCUT2D eigenvalue weighted by Gasteiger charge is -2.39. The molecule has 10 heteroatoms. The van der Waals surface area contributed by atoms with E-state index in [1.807, 2.05) is 13.3 Å². The van der Waals surface area contributed by atoms with E-state index in [0.29, 0.717) is 37.8 Å². The van der Waals surface area contributed by atoms with Crippen molar-refractivity contribution in [1.82, 2.24) is 24.4 Å². The van der Waals surface area contributed by atoms with Gasteiger partial charge in [-0.2, -0.15) is 9.97 Å². The second kappa shape index (κ2) is 8.27. The van der Waals surface area contributed by atoms with Crippen LogP contribution in [0.5, 0.6) is 6.01 Å². The van der Waals surface area contributed by atoms with E-state index in [4.69, 9.17) is 14.5 Å². The first-order chi connectivity index (χ1) is 16.4. The second-order valence-electron chi connectivity index (χ2n) is 11.0. The Labute approximate surface area is 199 Å². The van der Waals surface area contributed by atoms with Crippen LogP contribution < -0.4 is 9.64 Å². The van der Waals surface area contributed by atoms with Gasteiger partial charge in [0.05, 0.1) is 23.6 Å². The summed E-state index contributed by atoms with van der Waals surface area (Å²) in [5.74, 6) is 0.758. The molecule has 0 radical (unpaired) electrons. The summed E-state index contributed by atoms with van der Waals surface area (Å²) in [6.45, 7) is 4.98. The van der Waals surface area contributed by atoms with E-state index in [9.17, 15) is 9.50 Å². The van der Waals surface area contributed by atoms with Gasteiger partial charge in [0.2, 0.25) is 0 Å². The van der Waals surface area contributed by atoms with Crippen molar-refractivity contribution in [3.8, 4) is 6.01 Å². The molecule has 2 aromatic rings. The van der Waals surface area contributed by atoms with Crippen molar-refractivity contribution in [2.45, 2.75) is 81.3 Å². The van der Waals surface area contributed by atoms with E-state index in [2.05, 4.69) is 24.3 Å². The summed E-state index contributed by atoms with van der Waals surface area (Å²) in [6.07, 6.45) is 7.33. The number of nitrogens with zero attached hydrogens (tertiary/aromatic N) is 6. The SMILES string of the molecule is COC1CC(n2cnc3nc(OC[C@@]45CCCN4C[C@H](F)C5)nc(N4CCC[C@@](C)(O)C4)c32)C1. The summed E-state index contributed by atoms with van der Waals surface area (Å²) in [5.41, 5.74) is 0.451. The molecule has 0 unspecified atom stereocenters. The molecular weight excluding hydrogens is 439 g/mol. The Hall–Kier alpha value is -2.04. The third-order valence-electron chi connectivity index (χ3n) is 8.39. The van der Waals surface area contributed by atoms with Crippen LogP contribution in [0.25, 0.3) is 11.2 Å². The van der Waals surface area contributed by atoms with Gasteiger partial charge >= 0.3 is 6.01 Å². The fourth-order valence-electron chi connectivity index (χ4n) is 6.48. The van der Waals surface area contributed by atoms with Crippen molar-refractivity contribution in [3.63, 3.8) is 0 Å². The standard InChI is InChI=1S/C24H35FN6O3/c1-23(32)5-3-7-29(13-23)21-19-20(26-15-31(19)17-9-18(10-17)33-2)27-22(28-21)34-14-24-6-4-8-30(24)12-16(25)11-24/h15-18,32H,3-14H2,1-2H3/t16-,17?,18?,23-,24+/m1/s1. The summed E-state index contributed by atoms with van der Waals surface area (Å²) >= 11 is 0. The van der Waals surface area contributed by atoms with E-state index in [0.717, 1.165) is 62.9 Å². The monoisotopic (exact) mass is 474 g/mol. The lowest BCUT2D eigenvalue weighted by atomic mass is 9.89. The molecule has 0 amide bonds. The van der Waals surface area contributed by atoms with Gasteiger partial charge in [-0.25, -0.2) is 9.37 Å². The number of fused-ring (bicyclic) bond motifs is 2. The number of ether oxygens (including phenoxy) is 2. The topological polar surface area (TPSA) is 88.8 Å². The maximum Gasteiger partial charge on any atom is 0.320 e. The Morgan fingerprint density at radius 2 is 2.03 bits per heavy atom. The Balaban J connectivity index is 1.33. The molecule has 4 fully saturated rings. The third-order valence-corrected chi connectivity index (χ3v) is 8.39. The number of halogens is 1. The molecule has 3 saturated heterocycles. The fraction of sp³-hybridized carbons (Fsp3) is 0.792. The Kier molecular flexibility index (Phi) is 5.46. The molecule has 5 heterocycles. The van der Waals surface area contributed by atoms with Crippen LogP contribution in [0.1, 0.15) is 57.9 Å². The molecule has 0 bridgehead atoms. The van der Waals surface area contributed by atoms with Crippen LogP contribution in [-0.4, -0.2) is 92.8 Å². The molecule has 4 aliphatic rings. The third kappa shape index (κ3) is 3.83. The summed E-state index contributed by atoms with van der Waals surface area (Å²) < 4.78 is 28.0. The van der Waals surface area contributed by atoms with Gasteiger partial charge in [0.1, 0.15) is 18.3 Å². The zero-order chi connectivity index (χ0) is 23.5. The van der Waals surface area contributed by atoms with E-state index >= 15 is 0 Å². The van der Waals surface area contributed by atoms with E-state index in [-0.39, 0.29) is 17.7 Å². The molecule has 3 atom stereocenters. The minimum atomic E-state index is -0.799. The molecule has 6 rings (SSSR count). The molecule has 1 saturated carbocycles. The van der Waals surface area contributed by atoms with Crippen LogP contribution >= 0.6 is 0 Å². The first-order valence-electron chi connectivity index (χ1n) is 12.6. The van der Waals surface area contributed by atoms with Crippen LogP contribution in [0, 0.1) is 0 Å². The van der Waals surface area contributed by atoms with Gasteiger partial charge in [0.25, 0.3) is 0 Å². The Morgan fingerprint density at radius 1 is 1.21 bits per heavy atom. The highest BCUT2D eigenvalue weighted by Gasteiger charge is 2.49. The molecule has 3 aliphatic heterocycles. The van der Waals surface area contributed by atoms with Crippen LogP contribution in [0.15, 0.2) is 6.33 Å².